The fourth-order valence-corrected chi connectivity index (χ4v) is 2.87. The highest BCUT2D eigenvalue weighted by atomic mass is 19.1. The Kier molecular flexibility index (Phi) is 6.71. The number of nitrogens with zero attached hydrogens (tertiary/aromatic N) is 1. The zero-order valence-corrected chi connectivity index (χ0v) is 14.5. The van der Waals surface area contributed by atoms with E-state index in [0.29, 0.717) is 19.5 Å². The zero-order valence-electron chi connectivity index (χ0n) is 14.5. The van der Waals surface area contributed by atoms with Crippen molar-refractivity contribution in [2.24, 2.45) is 0 Å². The van der Waals surface area contributed by atoms with Gasteiger partial charge in [-0.15, -0.1) is 0 Å². The van der Waals surface area contributed by atoms with Crippen molar-refractivity contribution in [1.29, 1.82) is 0 Å². The number of carbonyl (C=O) groups is 1. The number of likely N-dealkylation sites (tertiary alicyclic amines) is 1. The molecule has 2 atom stereocenters. The van der Waals surface area contributed by atoms with Crippen LogP contribution in [0.4, 0.5) is 4.39 Å². The Labute approximate surface area is 146 Å². The van der Waals surface area contributed by atoms with Crippen LogP contribution in [0.1, 0.15) is 12.0 Å². The lowest BCUT2D eigenvalue weighted by Gasteiger charge is -2.42. The molecular formula is C17H25FN2O5. The molecule has 0 spiro atoms. The lowest BCUT2D eigenvalue weighted by Crippen LogP contribution is -2.60. The summed E-state index contributed by atoms with van der Waals surface area (Å²) in [6, 6.07) is 4.62. The van der Waals surface area contributed by atoms with E-state index in [9.17, 15) is 19.4 Å². The second-order valence-corrected chi connectivity index (χ2v) is 6.28. The molecule has 1 heterocycles. The summed E-state index contributed by atoms with van der Waals surface area (Å²) >= 11 is 0. The number of ether oxygens (including phenoxy) is 2. The second kappa shape index (κ2) is 8.57. The van der Waals surface area contributed by atoms with Crippen molar-refractivity contribution in [1.82, 2.24) is 10.2 Å². The Morgan fingerprint density at radius 3 is 2.88 bits per heavy atom. The number of aliphatic hydroxyl groups is 2. The molecule has 0 bridgehead atoms. The molecule has 2 rings (SSSR count). The minimum absolute atomic E-state index is 0.0332. The summed E-state index contributed by atoms with van der Waals surface area (Å²) in [7, 11) is 2.82. The van der Waals surface area contributed by atoms with E-state index in [2.05, 4.69) is 5.32 Å². The lowest BCUT2D eigenvalue weighted by molar-refractivity contribution is -0.134. The lowest BCUT2D eigenvalue weighted by atomic mass is 9.88. The van der Waals surface area contributed by atoms with Crippen molar-refractivity contribution in [2.45, 2.75) is 24.7 Å². The third-order valence-electron chi connectivity index (χ3n) is 4.40. The fourth-order valence-electron chi connectivity index (χ4n) is 2.87. The summed E-state index contributed by atoms with van der Waals surface area (Å²) in [5.41, 5.74) is -0.523. The number of nitrogens with one attached hydrogen (secondary N) is 1. The van der Waals surface area contributed by atoms with Crippen LogP contribution in [0.25, 0.3) is 0 Å². The minimum Gasteiger partial charge on any atom is -0.494 e. The number of rotatable bonds is 7. The van der Waals surface area contributed by atoms with Crippen LogP contribution < -0.4 is 10.1 Å². The van der Waals surface area contributed by atoms with Crippen LogP contribution in [-0.2, 0) is 16.1 Å². The normalized spacial score (nSPS) is 24.1. The predicted octanol–water partition coefficient (Wildman–Crippen LogP) is -0.105. The van der Waals surface area contributed by atoms with Crippen LogP contribution in [-0.4, -0.2) is 73.2 Å². The molecule has 7 nitrogen and oxygen atoms in total. The first-order valence-corrected chi connectivity index (χ1v) is 8.09. The first-order valence-electron chi connectivity index (χ1n) is 8.09. The van der Waals surface area contributed by atoms with E-state index in [-0.39, 0.29) is 31.4 Å². The van der Waals surface area contributed by atoms with Crippen molar-refractivity contribution >= 4 is 5.91 Å². The topological polar surface area (TPSA) is 91.3 Å². The number of benzene rings is 1. The first kappa shape index (κ1) is 19.6. The van der Waals surface area contributed by atoms with Gasteiger partial charge in [0, 0.05) is 33.3 Å². The zero-order chi connectivity index (χ0) is 18.4. The average molecular weight is 356 g/mol. The van der Waals surface area contributed by atoms with Gasteiger partial charge in [0.25, 0.3) is 0 Å². The van der Waals surface area contributed by atoms with Gasteiger partial charge in [-0.25, -0.2) is 4.39 Å². The monoisotopic (exact) mass is 356 g/mol. The molecule has 8 heteroatoms. The van der Waals surface area contributed by atoms with Crippen LogP contribution in [0.5, 0.6) is 5.75 Å². The van der Waals surface area contributed by atoms with E-state index in [0.717, 1.165) is 5.56 Å². The molecule has 1 saturated heterocycles. The molecule has 1 amide bonds. The third kappa shape index (κ3) is 5.12. The van der Waals surface area contributed by atoms with Crippen molar-refractivity contribution in [3.05, 3.63) is 29.6 Å². The molecule has 1 aromatic rings. The molecule has 3 N–H and O–H groups in total. The van der Waals surface area contributed by atoms with Gasteiger partial charge < -0.3 is 25.0 Å². The molecule has 0 aromatic heterocycles. The van der Waals surface area contributed by atoms with E-state index >= 15 is 0 Å². The second-order valence-electron chi connectivity index (χ2n) is 6.28. The number of methoxy groups -OCH3 is 2. The highest BCUT2D eigenvalue weighted by Crippen LogP contribution is 2.25. The largest absolute Gasteiger partial charge is 0.494 e. The molecule has 0 aliphatic carbocycles. The Morgan fingerprint density at radius 2 is 2.24 bits per heavy atom. The van der Waals surface area contributed by atoms with Crippen LogP contribution in [0.3, 0.4) is 0 Å². The van der Waals surface area contributed by atoms with E-state index in [1.54, 1.807) is 12.1 Å². The number of β-amino-alcohol motifs (C(OH)–C–C–N with tert-alkyl or cyclic N) is 1. The number of hydrogen-bond donors (Lipinski definition) is 3. The van der Waals surface area contributed by atoms with Crippen molar-refractivity contribution in [3.8, 4) is 5.75 Å². The van der Waals surface area contributed by atoms with Gasteiger partial charge in [0.05, 0.1) is 13.2 Å². The van der Waals surface area contributed by atoms with Crippen LogP contribution in [0.2, 0.25) is 0 Å². The van der Waals surface area contributed by atoms with E-state index < -0.39 is 17.5 Å². The summed E-state index contributed by atoms with van der Waals surface area (Å²) < 4.78 is 23.1. The van der Waals surface area contributed by atoms with Gasteiger partial charge in [-0.3, -0.25) is 9.69 Å². The van der Waals surface area contributed by atoms with E-state index in [1.165, 1.54) is 20.3 Å². The molecule has 1 fully saturated rings. The van der Waals surface area contributed by atoms with Crippen LogP contribution >= 0.6 is 0 Å². The fraction of sp³-hybridized carbons (Fsp3) is 0.588. The average Bonchev–Trinajstić information content (AvgIpc) is 2.59. The highest BCUT2D eigenvalue weighted by molar-refractivity contribution is 5.77. The molecular weight excluding hydrogens is 331 g/mol. The molecule has 0 radical (unpaired) electrons. The summed E-state index contributed by atoms with van der Waals surface area (Å²) in [5, 5.41) is 23.4. The SMILES string of the molecule is COCC(=O)NC[C@]1(O)CCN(Cc2ccc(F)c(OC)c2)C[C@H]1O. The van der Waals surface area contributed by atoms with Gasteiger partial charge in [0.1, 0.15) is 12.2 Å². The maximum atomic E-state index is 13.5. The first-order chi connectivity index (χ1) is 11.9. The van der Waals surface area contributed by atoms with E-state index in [1.807, 2.05) is 4.90 Å². The Bertz CT molecular complexity index is 600. The standard InChI is InChI=1S/C17H25FN2O5/c1-24-10-16(22)19-11-17(23)5-6-20(9-15(17)21)8-12-3-4-13(18)14(7-12)25-2/h3-4,7,15,21,23H,5-6,8-11H2,1-2H3,(H,19,22)/t15-,17-/m1/s1. The molecule has 25 heavy (non-hydrogen) atoms. The maximum absolute atomic E-state index is 13.5. The van der Waals surface area contributed by atoms with Crippen LogP contribution in [0, 0.1) is 5.82 Å². The minimum atomic E-state index is -1.37. The Hall–Kier alpha value is -1.74. The number of carbonyl (C=O) groups excluding carboxylic acids is 1. The number of hydrogen-bond acceptors (Lipinski definition) is 6. The van der Waals surface area contributed by atoms with E-state index in [4.69, 9.17) is 9.47 Å². The molecule has 140 valence electrons. The van der Waals surface area contributed by atoms with Gasteiger partial charge in [0.15, 0.2) is 11.6 Å². The predicted molar refractivity (Wildman–Crippen MR) is 88.7 cm³/mol. The van der Waals surface area contributed by atoms with Gasteiger partial charge in [-0.1, -0.05) is 6.07 Å². The smallest absolute Gasteiger partial charge is 0.246 e. The van der Waals surface area contributed by atoms with Crippen LogP contribution in [0.15, 0.2) is 18.2 Å². The molecule has 1 aliphatic heterocycles. The molecule has 0 saturated carbocycles. The highest BCUT2D eigenvalue weighted by Gasteiger charge is 2.40. The maximum Gasteiger partial charge on any atom is 0.246 e. The summed E-state index contributed by atoms with van der Waals surface area (Å²) in [6.07, 6.45) is -0.703. The number of amides is 1. The number of aliphatic hydroxyl groups excluding tert-OH is 1. The summed E-state index contributed by atoms with van der Waals surface area (Å²) in [5.74, 6) is -0.595. The summed E-state index contributed by atoms with van der Waals surface area (Å²) in [4.78, 5) is 13.4. The Morgan fingerprint density at radius 1 is 1.48 bits per heavy atom. The number of piperidine rings is 1. The quantitative estimate of drug-likeness (QED) is 0.632. The van der Waals surface area contributed by atoms with Crippen molar-refractivity contribution < 1.29 is 28.9 Å². The third-order valence-corrected chi connectivity index (χ3v) is 4.40. The summed E-state index contributed by atoms with van der Waals surface area (Å²) in [6.45, 7) is 1.16. The van der Waals surface area contributed by atoms with Gasteiger partial charge in [-0.2, -0.15) is 0 Å². The van der Waals surface area contributed by atoms with Gasteiger partial charge in [0.2, 0.25) is 5.91 Å². The number of halogens is 1. The van der Waals surface area contributed by atoms with Crippen molar-refractivity contribution in [3.63, 3.8) is 0 Å². The van der Waals surface area contributed by atoms with Gasteiger partial charge in [-0.05, 0) is 24.1 Å². The molecule has 1 aromatic carbocycles. The Balaban J connectivity index is 1.91. The molecule has 1 aliphatic rings. The molecule has 0 unspecified atom stereocenters. The van der Waals surface area contributed by atoms with Gasteiger partial charge >= 0.3 is 0 Å². The van der Waals surface area contributed by atoms with Crippen molar-refractivity contribution in [2.75, 3.05) is 40.5 Å².